The molecule has 1 aromatic heterocycles. The average Bonchev–Trinajstić information content (AvgIpc) is 2.60. The van der Waals surface area contributed by atoms with E-state index in [2.05, 4.69) is 15.5 Å². The molecule has 1 heterocycles. The molecule has 2 aromatic carbocycles. The number of benzene rings is 2. The molecule has 0 saturated heterocycles. The maximum Gasteiger partial charge on any atom is 0.270 e. The van der Waals surface area contributed by atoms with Crippen molar-refractivity contribution in [3.8, 4) is 5.75 Å². The smallest absolute Gasteiger partial charge is 0.270 e. The number of carbonyl (C=O) groups excluding carboxylic acids is 1. The molecule has 128 valence electrons. The molecule has 0 radical (unpaired) electrons. The Morgan fingerprint density at radius 2 is 1.68 bits per heavy atom. The van der Waals surface area contributed by atoms with E-state index in [-0.39, 0.29) is 28.7 Å². The fraction of sp³-hybridized carbons (Fsp3) is 0.167. The zero-order valence-corrected chi connectivity index (χ0v) is 13.6. The highest BCUT2D eigenvalue weighted by Gasteiger charge is 2.08. The topological polar surface area (TPSA) is 104 Å². The molecule has 3 aromatic rings. The Morgan fingerprint density at radius 3 is 2.36 bits per heavy atom. The van der Waals surface area contributed by atoms with E-state index in [1.807, 2.05) is 31.2 Å². The molecule has 25 heavy (non-hydrogen) atoms. The summed E-state index contributed by atoms with van der Waals surface area (Å²) in [4.78, 5) is 35.6. The summed E-state index contributed by atoms with van der Waals surface area (Å²) in [6, 6.07) is 11.9. The average molecular weight is 339 g/mol. The predicted molar refractivity (Wildman–Crippen MR) is 95.1 cm³/mol. The number of aromatic amines is 2. The van der Waals surface area contributed by atoms with Crippen molar-refractivity contribution < 1.29 is 9.53 Å². The molecule has 0 atom stereocenters. The van der Waals surface area contributed by atoms with Gasteiger partial charge in [0, 0.05) is 5.69 Å². The number of nitrogens with one attached hydrogen (secondary N) is 3. The van der Waals surface area contributed by atoms with Crippen LogP contribution in [0.25, 0.3) is 10.8 Å². The van der Waals surface area contributed by atoms with Crippen LogP contribution >= 0.6 is 0 Å². The van der Waals surface area contributed by atoms with Crippen molar-refractivity contribution in [2.24, 2.45) is 0 Å². The van der Waals surface area contributed by atoms with E-state index in [4.69, 9.17) is 4.74 Å². The molecule has 1 amide bonds. The Bertz CT molecular complexity index is 1020. The number of ether oxygens (including phenoxy) is 1. The Hall–Kier alpha value is -3.35. The first-order valence-electron chi connectivity index (χ1n) is 7.83. The van der Waals surface area contributed by atoms with Crippen molar-refractivity contribution in [3.63, 3.8) is 0 Å². The highest BCUT2D eigenvalue weighted by Crippen LogP contribution is 2.15. The zero-order chi connectivity index (χ0) is 17.8. The van der Waals surface area contributed by atoms with E-state index in [0.717, 1.165) is 11.3 Å². The molecule has 0 aliphatic rings. The third-order valence-electron chi connectivity index (χ3n) is 3.68. The van der Waals surface area contributed by atoms with Crippen molar-refractivity contribution in [2.45, 2.75) is 13.3 Å². The first-order valence-corrected chi connectivity index (χ1v) is 7.83. The predicted octanol–water partition coefficient (Wildman–Crippen LogP) is 1.80. The van der Waals surface area contributed by atoms with Gasteiger partial charge in [0.15, 0.2) is 0 Å². The summed E-state index contributed by atoms with van der Waals surface area (Å²) in [6.07, 6.45) is 0.191. The number of carbonyl (C=O) groups is 1. The molecule has 0 aliphatic carbocycles. The minimum absolute atomic E-state index is 0.191. The van der Waals surface area contributed by atoms with Crippen LogP contribution < -0.4 is 21.2 Å². The number of anilines is 1. The lowest BCUT2D eigenvalue weighted by Gasteiger charge is -2.07. The van der Waals surface area contributed by atoms with Gasteiger partial charge >= 0.3 is 0 Å². The van der Waals surface area contributed by atoms with Gasteiger partial charge in [0.2, 0.25) is 5.91 Å². The standard InChI is InChI=1S/C18H17N3O4/c1-2-25-13-6-3-11(4-7-13)9-16(22)19-12-5-8-14-15(10-12)18(24)21-20-17(14)23/h3-8,10H,2,9H2,1H3,(H,19,22)(H,20,23)(H,21,24). The minimum Gasteiger partial charge on any atom is -0.494 e. The first kappa shape index (κ1) is 16.5. The van der Waals surface area contributed by atoms with Gasteiger partial charge in [-0.25, -0.2) is 0 Å². The molecule has 0 aliphatic heterocycles. The maximum atomic E-state index is 12.2. The number of rotatable bonds is 5. The van der Waals surface area contributed by atoms with E-state index in [1.54, 1.807) is 6.07 Å². The Labute approximate surface area is 142 Å². The third kappa shape index (κ3) is 3.77. The first-order chi connectivity index (χ1) is 12.1. The second-order valence-corrected chi connectivity index (χ2v) is 5.47. The van der Waals surface area contributed by atoms with Crippen molar-refractivity contribution in [2.75, 3.05) is 11.9 Å². The number of aromatic nitrogens is 2. The molecule has 0 bridgehead atoms. The molecule has 7 heteroatoms. The van der Waals surface area contributed by atoms with Gasteiger partial charge in [0.1, 0.15) is 5.75 Å². The van der Waals surface area contributed by atoms with E-state index < -0.39 is 5.56 Å². The van der Waals surface area contributed by atoms with Crippen molar-refractivity contribution in [1.82, 2.24) is 10.2 Å². The Morgan fingerprint density at radius 1 is 1.00 bits per heavy atom. The van der Waals surface area contributed by atoms with Gasteiger partial charge in [-0.1, -0.05) is 12.1 Å². The highest BCUT2D eigenvalue weighted by atomic mass is 16.5. The Kier molecular flexibility index (Phi) is 4.65. The molecular formula is C18H17N3O4. The summed E-state index contributed by atoms with van der Waals surface area (Å²) >= 11 is 0. The number of amides is 1. The van der Waals surface area contributed by atoms with Crippen molar-refractivity contribution >= 4 is 22.4 Å². The number of H-pyrrole nitrogens is 2. The lowest BCUT2D eigenvalue weighted by molar-refractivity contribution is -0.115. The van der Waals surface area contributed by atoms with Crippen molar-refractivity contribution in [3.05, 3.63) is 68.7 Å². The van der Waals surface area contributed by atoms with Gasteiger partial charge in [-0.3, -0.25) is 24.6 Å². The largest absolute Gasteiger partial charge is 0.494 e. The van der Waals surface area contributed by atoms with Crippen LogP contribution in [0.15, 0.2) is 52.1 Å². The van der Waals surface area contributed by atoms with E-state index in [9.17, 15) is 14.4 Å². The fourth-order valence-corrected chi connectivity index (χ4v) is 2.52. The van der Waals surface area contributed by atoms with Crippen molar-refractivity contribution in [1.29, 1.82) is 0 Å². The van der Waals surface area contributed by atoms with E-state index >= 15 is 0 Å². The van der Waals surface area contributed by atoms with Gasteiger partial charge in [-0.05, 0) is 42.8 Å². The van der Waals surface area contributed by atoms with Crippen LogP contribution in [-0.2, 0) is 11.2 Å². The van der Waals surface area contributed by atoms with Gasteiger partial charge in [-0.15, -0.1) is 0 Å². The molecule has 3 rings (SSSR count). The van der Waals surface area contributed by atoms with Gasteiger partial charge in [0.05, 0.1) is 23.8 Å². The summed E-state index contributed by atoms with van der Waals surface area (Å²) in [5.41, 5.74) is 0.495. The Balaban J connectivity index is 1.74. The second kappa shape index (κ2) is 7.04. The summed E-state index contributed by atoms with van der Waals surface area (Å²) in [5.74, 6) is 0.537. The maximum absolute atomic E-state index is 12.2. The number of hydrogen-bond donors (Lipinski definition) is 3. The van der Waals surface area contributed by atoms with E-state index in [1.165, 1.54) is 12.1 Å². The molecule has 0 saturated carbocycles. The van der Waals surface area contributed by atoms with Gasteiger partial charge in [-0.2, -0.15) is 0 Å². The quantitative estimate of drug-likeness (QED) is 0.659. The lowest BCUT2D eigenvalue weighted by Crippen LogP contribution is -2.19. The lowest BCUT2D eigenvalue weighted by atomic mass is 10.1. The number of fused-ring (bicyclic) bond motifs is 1. The molecule has 0 fully saturated rings. The summed E-state index contributed by atoms with van der Waals surface area (Å²) in [5, 5.41) is 7.75. The van der Waals surface area contributed by atoms with Crippen LogP contribution in [-0.4, -0.2) is 22.7 Å². The SMILES string of the molecule is CCOc1ccc(CC(=O)Nc2ccc3c(=O)[nH][nH]c(=O)c3c2)cc1. The summed E-state index contributed by atoms with van der Waals surface area (Å²) in [6.45, 7) is 2.49. The van der Waals surface area contributed by atoms with Crippen LogP contribution in [0.4, 0.5) is 5.69 Å². The minimum atomic E-state index is -0.419. The molecule has 3 N–H and O–H groups in total. The zero-order valence-electron chi connectivity index (χ0n) is 13.6. The summed E-state index contributed by atoms with van der Waals surface area (Å²) in [7, 11) is 0. The van der Waals surface area contributed by atoms with Crippen LogP contribution in [0.3, 0.4) is 0 Å². The van der Waals surface area contributed by atoms with Crippen LogP contribution in [0.2, 0.25) is 0 Å². The van der Waals surface area contributed by atoms with Gasteiger partial charge < -0.3 is 10.1 Å². The second-order valence-electron chi connectivity index (χ2n) is 5.47. The van der Waals surface area contributed by atoms with E-state index in [0.29, 0.717) is 12.3 Å². The normalized spacial score (nSPS) is 10.6. The third-order valence-corrected chi connectivity index (χ3v) is 3.68. The van der Waals surface area contributed by atoms with Crippen LogP contribution in [0.5, 0.6) is 5.75 Å². The molecule has 0 spiro atoms. The van der Waals surface area contributed by atoms with Gasteiger partial charge in [0.25, 0.3) is 11.1 Å². The summed E-state index contributed by atoms with van der Waals surface area (Å²) < 4.78 is 5.36. The number of hydrogen-bond acceptors (Lipinski definition) is 4. The van der Waals surface area contributed by atoms with Crippen LogP contribution in [0, 0.1) is 0 Å². The highest BCUT2D eigenvalue weighted by molar-refractivity contribution is 5.95. The van der Waals surface area contributed by atoms with Crippen LogP contribution in [0.1, 0.15) is 12.5 Å². The molecule has 0 unspecified atom stereocenters. The molecular weight excluding hydrogens is 322 g/mol. The monoisotopic (exact) mass is 339 g/mol. The molecule has 7 nitrogen and oxygen atoms in total. The fourth-order valence-electron chi connectivity index (χ4n) is 2.52.